The predicted octanol–water partition coefficient (Wildman–Crippen LogP) is 4.68. The lowest BCUT2D eigenvalue weighted by atomic mass is 9.81. The van der Waals surface area contributed by atoms with Crippen LogP contribution >= 0.6 is 0 Å². The number of rotatable bonds is 2. The number of hydrogen-bond acceptors (Lipinski definition) is 2. The average molecular weight is 253 g/mol. The average Bonchev–Trinajstić information content (AvgIpc) is 2.24. The maximum absolute atomic E-state index is 6.58. The lowest BCUT2D eigenvalue weighted by Gasteiger charge is -2.54. The minimum atomic E-state index is 0.0735. The van der Waals surface area contributed by atoms with Gasteiger partial charge in [0, 0.05) is 11.1 Å². The number of piperidine rings is 1. The summed E-state index contributed by atoms with van der Waals surface area (Å²) in [6.45, 7) is 11.6. The molecule has 0 aromatic carbocycles. The van der Waals surface area contributed by atoms with Crippen molar-refractivity contribution < 1.29 is 4.84 Å². The molecule has 0 aromatic heterocycles. The van der Waals surface area contributed by atoms with Gasteiger partial charge in [-0.3, -0.25) is 4.84 Å². The Labute approximate surface area is 113 Å². The van der Waals surface area contributed by atoms with Crippen LogP contribution in [0.25, 0.3) is 0 Å². The van der Waals surface area contributed by atoms with E-state index in [2.05, 4.69) is 39.7 Å². The van der Waals surface area contributed by atoms with Crippen molar-refractivity contribution in [3.63, 3.8) is 0 Å². The molecule has 0 atom stereocenters. The van der Waals surface area contributed by atoms with Gasteiger partial charge in [-0.1, -0.05) is 19.3 Å². The molecule has 0 radical (unpaired) electrons. The zero-order valence-corrected chi connectivity index (χ0v) is 13.0. The van der Waals surface area contributed by atoms with E-state index in [9.17, 15) is 0 Å². The van der Waals surface area contributed by atoms with Gasteiger partial charge < -0.3 is 0 Å². The Kier molecular flexibility index (Phi) is 3.81. The Bertz CT molecular complexity index is 273. The third-order valence-corrected chi connectivity index (χ3v) is 4.90. The molecule has 0 unspecified atom stereocenters. The van der Waals surface area contributed by atoms with E-state index in [0.717, 1.165) is 0 Å². The molecule has 2 heteroatoms. The topological polar surface area (TPSA) is 12.5 Å². The van der Waals surface area contributed by atoms with Gasteiger partial charge in [-0.2, -0.15) is 5.06 Å². The first-order valence-corrected chi connectivity index (χ1v) is 7.75. The highest BCUT2D eigenvalue weighted by Crippen LogP contribution is 2.42. The van der Waals surface area contributed by atoms with Crippen molar-refractivity contribution in [2.45, 2.75) is 103 Å². The maximum Gasteiger partial charge on any atom is 0.0872 e. The molecule has 1 saturated heterocycles. The molecule has 1 saturated carbocycles. The standard InChI is InChI=1S/C16H31NO/c1-14(2)10-9-11-15(3,4)17(14)18-16(5)12-7-6-8-13-16/h6-13H2,1-5H3. The highest BCUT2D eigenvalue weighted by atomic mass is 16.7. The highest BCUT2D eigenvalue weighted by Gasteiger charge is 2.45. The van der Waals surface area contributed by atoms with Crippen molar-refractivity contribution in [3.05, 3.63) is 0 Å². The molecule has 18 heavy (non-hydrogen) atoms. The fraction of sp³-hybridized carbons (Fsp3) is 1.00. The summed E-state index contributed by atoms with van der Waals surface area (Å²) in [7, 11) is 0. The Morgan fingerprint density at radius 3 is 1.67 bits per heavy atom. The monoisotopic (exact) mass is 253 g/mol. The second kappa shape index (κ2) is 4.79. The Balaban J connectivity index is 2.13. The second-order valence-corrected chi connectivity index (χ2v) is 7.87. The lowest BCUT2D eigenvalue weighted by molar-refractivity contribution is -0.337. The molecule has 0 N–H and O–H groups in total. The third-order valence-electron chi connectivity index (χ3n) is 4.90. The van der Waals surface area contributed by atoms with Crippen LogP contribution in [-0.4, -0.2) is 21.7 Å². The fourth-order valence-corrected chi connectivity index (χ4v) is 3.83. The maximum atomic E-state index is 6.58. The molecule has 106 valence electrons. The van der Waals surface area contributed by atoms with Crippen LogP contribution in [0, 0.1) is 0 Å². The normalized spacial score (nSPS) is 31.2. The van der Waals surface area contributed by atoms with Crippen molar-refractivity contribution in [3.8, 4) is 0 Å². The van der Waals surface area contributed by atoms with E-state index < -0.39 is 0 Å². The van der Waals surface area contributed by atoms with E-state index in [1.54, 1.807) is 0 Å². The van der Waals surface area contributed by atoms with Crippen LogP contribution < -0.4 is 0 Å². The Hall–Kier alpha value is -0.0800. The van der Waals surface area contributed by atoms with Crippen LogP contribution in [0.4, 0.5) is 0 Å². The third kappa shape index (κ3) is 2.91. The number of hydrogen-bond donors (Lipinski definition) is 0. The SMILES string of the molecule is CC1(ON2C(C)(C)CCCC2(C)C)CCCCC1. The predicted molar refractivity (Wildman–Crippen MR) is 76.4 cm³/mol. The zero-order valence-electron chi connectivity index (χ0n) is 13.0. The van der Waals surface area contributed by atoms with Crippen LogP contribution in [0.3, 0.4) is 0 Å². The molecule has 2 aliphatic rings. The summed E-state index contributed by atoms with van der Waals surface area (Å²) in [6.07, 6.45) is 10.3. The zero-order chi connectivity index (χ0) is 13.4. The first kappa shape index (κ1) is 14.3. The first-order chi connectivity index (χ1) is 8.25. The fourth-order valence-electron chi connectivity index (χ4n) is 3.83. The molecular formula is C16H31NO. The quantitative estimate of drug-likeness (QED) is 0.708. The summed E-state index contributed by atoms with van der Waals surface area (Å²) in [5, 5.41) is 2.34. The summed E-state index contributed by atoms with van der Waals surface area (Å²) < 4.78 is 0. The summed E-state index contributed by atoms with van der Waals surface area (Å²) in [6, 6.07) is 0. The van der Waals surface area contributed by atoms with Gasteiger partial charge in [-0.15, -0.1) is 0 Å². The van der Waals surface area contributed by atoms with Crippen LogP contribution in [0.1, 0.15) is 86.0 Å². The first-order valence-electron chi connectivity index (χ1n) is 7.75. The van der Waals surface area contributed by atoms with Crippen LogP contribution in [0.2, 0.25) is 0 Å². The van der Waals surface area contributed by atoms with Crippen molar-refractivity contribution >= 4 is 0 Å². The summed E-state index contributed by atoms with van der Waals surface area (Å²) in [4.78, 5) is 6.58. The molecule has 1 heterocycles. The minimum Gasteiger partial charge on any atom is -0.292 e. The van der Waals surface area contributed by atoms with E-state index >= 15 is 0 Å². The Morgan fingerprint density at radius 2 is 1.17 bits per heavy atom. The van der Waals surface area contributed by atoms with E-state index in [4.69, 9.17) is 4.84 Å². The van der Waals surface area contributed by atoms with E-state index in [1.807, 2.05) is 0 Å². The van der Waals surface area contributed by atoms with Crippen molar-refractivity contribution in [1.29, 1.82) is 0 Å². The van der Waals surface area contributed by atoms with Crippen LogP contribution in [0.15, 0.2) is 0 Å². The summed E-state index contributed by atoms with van der Waals surface area (Å²) in [5.74, 6) is 0. The number of nitrogens with zero attached hydrogens (tertiary/aromatic N) is 1. The minimum absolute atomic E-state index is 0.0735. The van der Waals surface area contributed by atoms with Gasteiger partial charge in [0.15, 0.2) is 0 Å². The van der Waals surface area contributed by atoms with Crippen molar-refractivity contribution in [2.75, 3.05) is 0 Å². The summed E-state index contributed by atoms with van der Waals surface area (Å²) in [5.41, 5.74) is 0.411. The van der Waals surface area contributed by atoms with Gasteiger partial charge in [0.05, 0.1) is 5.60 Å². The van der Waals surface area contributed by atoms with Gasteiger partial charge >= 0.3 is 0 Å². The highest BCUT2D eigenvalue weighted by molar-refractivity contribution is 4.94. The van der Waals surface area contributed by atoms with Gasteiger partial charge in [0.25, 0.3) is 0 Å². The smallest absolute Gasteiger partial charge is 0.0872 e. The van der Waals surface area contributed by atoms with Crippen molar-refractivity contribution in [1.82, 2.24) is 5.06 Å². The molecular weight excluding hydrogens is 222 g/mol. The van der Waals surface area contributed by atoms with Crippen molar-refractivity contribution in [2.24, 2.45) is 0 Å². The van der Waals surface area contributed by atoms with Gasteiger partial charge in [-0.25, -0.2) is 0 Å². The molecule has 1 aliphatic carbocycles. The Morgan fingerprint density at radius 1 is 0.667 bits per heavy atom. The molecule has 1 aliphatic heterocycles. The largest absolute Gasteiger partial charge is 0.292 e. The molecule has 0 spiro atoms. The number of hydroxylamine groups is 2. The van der Waals surface area contributed by atoms with E-state index in [-0.39, 0.29) is 16.7 Å². The van der Waals surface area contributed by atoms with Crippen LogP contribution in [-0.2, 0) is 4.84 Å². The molecule has 0 aromatic rings. The lowest BCUT2D eigenvalue weighted by Crippen LogP contribution is -2.61. The second-order valence-electron chi connectivity index (χ2n) is 7.87. The molecule has 2 nitrogen and oxygen atoms in total. The van der Waals surface area contributed by atoms with Gasteiger partial charge in [0.1, 0.15) is 0 Å². The summed E-state index contributed by atoms with van der Waals surface area (Å²) >= 11 is 0. The van der Waals surface area contributed by atoms with E-state index in [1.165, 1.54) is 51.4 Å². The van der Waals surface area contributed by atoms with Crippen LogP contribution in [0.5, 0.6) is 0 Å². The van der Waals surface area contributed by atoms with Gasteiger partial charge in [0.2, 0.25) is 0 Å². The van der Waals surface area contributed by atoms with E-state index in [0.29, 0.717) is 0 Å². The molecule has 2 rings (SSSR count). The molecule has 0 amide bonds. The molecule has 0 bridgehead atoms. The molecule has 2 fully saturated rings. The van der Waals surface area contributed by atoms with Gasteiger partial charge in [-0.05, 0) is 66.7 Å².